The van der Waals surface area contributed by atoms with Gasteiger partial charge in [-0.05, 0) is 26.2 Å². The molecule has 0 aromatic carbocycles. The van der Waals surface area contributed by atoms with E-state index in [-0.39, 0.29) is 31.0 Å². The molecule has 2 aliphatic rings. The van der Waals surface area contributed by atoms with Crippen LogP contribution in [-0.2, 0) is 14.3 Å². The zero-order valence-electron chi connectivity index (χ0n) is 11.9. The second kappa shape index (κ2) is 6.10. The number of carboxylic acid groups (broad SMARTS) is 1. The molecule has 0 radical (unpaired) electrons. The molecule has 2 heterocycles. The fourth-order valence-corrected chi connectivity index (χ4v) is 2.88. The zero-order chi connectivity index (χ0) is 14.8. The van der Waals surface area contributed by atoms with Gasteiger partial charge in [-0.15, -0.1) is 0 Å². The van der Waals surface area contributed by atoms with E-state index in [1.165, 1.54) is 0 Å². The van der Waals surface area contributed by atoms with E-state index in [4.69, 9.17) is 9.84 Å². The quantitative estimate of drug-likeness (QED) is 0.796. The average Bonchev–Trinajstić information content (AvgIpc) is 2.82. The summed E-state index contributed by atoms with van der Waals surface area (Å²) in [4.78, 5) is 24.6. The number of rotatable bonds is 4. The summed E-state index contributed by atoms with van der Waals surface area (Å²) in [5, 5.41) is 18.7. The van der Waals surface area contributed by atoms with Crippen molar-refractivity contribution in [2.24, 2.45) is 0 Å². The Morgan fingerprint density at radius 1 is 1.30 bits per heavy atom. The van der Waals surface area contributed by atoms with Crippen molar-refractivity contribution in [1.82, 2.24) is 4.90 Å². The predicted molar refractivity (Wildman–Crippen MR) is 71.2 cm³/mol. The topological polar surface area (TPSA) is 87.1 Å². The van der Waals surface area contributed by atoms with Crippen molar-refractivity contribution in [2.45, 2.75) is 63.3 Å². The van der Waals surface area contributed by atoms with Gasteiger partial charge in [0.2, 0.25) is 5.91 Å². The molecule has 2 rings (SSSR count). The molecule has 6 heteroatoms. The predicted octanol–water partition coefficient (Wildman–Crippen LogP) is 0.772. The fraction of sp³-hybridized carbons (Fsp3) is 0.857. The van der Waals surface area contributed by atoms with E-state index in [1.807, 2.05) is 6.92 Å². The molecule has 2 unspecified atom stereocenters. The second-order valence-corrected chi connectivity index (χ2v) is 5.90. The molecule has 2 atom stereocenters. The number of aliphatic hydroxyl groups is 1. The van der Waals surface area contributed by atoms with Crippen molar-refractivity contribution >= 4 is 11.9 Å². The maximum Gasteiger partial charge on any atom is 0.335 e. The van der Waals surface area contributed by atoms with Gasteiger partial charge in [-0.3, -0.25) is 4.79 Å². The van der Waals surface area contributed by atoms with E-state index in [0.717, 1.165) is 19.3 Å². The van der Waals surface area contributed by atoms with Crippen LogP contribution in [0.5, 0.6) is 0 Å². The summed E-state index contributed by atoms with van der Waals surface area (Å²) in [6, 6.07) is 0. The molecule has 1 amide bonds. The third-order valence-corrected chi connectivity index (χ3v) is 4.34. The van der Waals surface area contributed by atoms with Crippen LogP contribution in [0.25, 0.3) is 0 Å². The molecule has 0 aromatic heterocycles. The fourth-order valence-electron chi connectivity index (χ4n) is 2.88. The van der Waals surface area contributed by atoms with E-state index < -0.39 is 11.6 Å². The van der Waals surface area contributed by atoms with Crippen molar-refractivity contribution in [1.29, 1.82) is 0 Å². The van der Waals surface area contributed by atoms with Crippen LogP contribution < -0.4 is 0 Å². The Kier molecular flexibility index (Phi) is 4.65. The lowest BCUT2D eigenvalue weighted by Crippen LogP contribution is -2.50. The van der Waals surface area contributed by atoms with Gasteiger partial charge in [0.15, 0.2) is 5.60 Å². The van der Waals surface area contributed by atoms with Crippen LogP contribution >= 0.6 is 0 Å². The first-order valence-corrected chi connectivity index (χ1v) is 7.30. The van der Waals surface area contributed by atoms with Crippen molar-refractivity contribution in [2.75, 3.05) is 13.1 Å². The first-order chi connectivity index (χ1) is 9.40. The van der Waals surface area contributed by atoms with Gasteiger partial charge >= 0.3 is 5.97 Å². The zero-order valence-corrected chi connectivity index (χ0v) is 11.9. The van der Waals surface area contributed by atoms with Crippen molar-refractivity contribution in [3.05, 3.63) is 0 Å². The van der Waals surface area contributed by atoms with E-state index in [9.17, 15) is 14.7 Å². The lowest BCUT2D eigenvalue weighted by atomic mass is 9.91. The summed E-state index contributed by atoms with van der Waals surface area (Å²) < 4.78 is 5.68. The molecule has 0 saturated carbocycles. The number of carbonyl (C=O) groups is 2. The normalized spacial score (nSPS) is 29.4. The summed E-state index contributed by atoms with van der Waals surface area (Å²) in [5.74, 6) is -1.17. The summed E-state index contributed by atoms with van der Waals surface area (Å²) in [7, 11) is 0. The van der Waals surface area contributed by atoms with E-state index in [2.05, 4.69) is 0 Å². The Balaban J connectivity index is 1.73. The second-order valence-electron chi connectivity index (χ2n) is 5.90. The molecule has 6 nitrogen and oxygen atoms in total. The van der Waals surface area contributed by atoms with Crippen molar-refractivity contribution in [3.63, 3.8) is 0 Å². The number of amides is 1. The Labute approximate surface area is 118 Å². The Morgan fingerprint density at radius 2 is 1.95 bits per heavy atom. The van der Waals surface area contributed by atoms with E-state index in [1.54, 1.807) is 4.90 Å². The monoisotopic (exact) mass is 285 g/mol. The minimum absolute atomic E-state index is 0.0283. The molecule has 20 heavy (non-hydrogen) atoms. The van der Waals surface area contributed by atoms with Crippen LogP contribution in [0, 0.1) is 0 Å². The summed E-state index contributed by atoms with van der Waals surface area (Å²) in [5.41, 5.74) is -1.67. The Morgan fingerprint density at radius 3 is 2.45 bits per heavy atom. The Bertz CT molecular complexity index is 376. The van der Waals surface area contributed by atoms with Crippen LogP contribution in [-0.4, -0.2) is 57.9 Å². The minimum Gasteiger partial charge on any atom is -0.479 e. The lowest BCUT2D eigenvalue weighted by molar-refractivity contribution is -0.165. The van der Waals surface area contributed by atoms with Crippen LogP contribution in [0.1, 0.15) is 45.4 Å². The van der Waals surface area contributed by atoms with E-state index in [0.29, 0.717) is 19.5 Å². The van der Waals surface area contributed by atoms with Gasteiger partial charge in [-0.25, -0.2) is 4.79 Å². The molecule has 0 aromatic rings. The third-order valence-electron chi connectivity index (χ3n) is 4.34. The molecule has 0 spiro atoms. The van der Waals surface area contributed by atoms with Crippen molar-refractivity contribution < 1.29 is 24.5 Å². The van der Waals surface area contributed by atoms with Crippen molar-refractivity contribution in [3.8, 4) is 0 Å². The van der Waals surface area contributed by atoms with Gasteiger partial charge in [0.1, 0.15) is 0 Å². The highest BCUT2D eigenvalue weighted by Gasteiger charge is 2.40. The highest BCUT2D eigenvalue weighted by molar-refractivity contribution is 5.79. The number of carboxylic acids is 1. The maximum atomic E-state index is 12.1. The number of hydrogen-bond donors (Lipinski definition) is 2. The number of hydrogen-bond acceptors (Lipinski definition) is 4. The maximum absolute atomic E-state index is 12.1. The number of likely N-dealkylation sites (tertiary alicyclic amines) is 1. The first-order valence-electron chi connectivity index (χ1n) is 7.30. The summed E-state index contributed by atoms with van der Waals surface area (Å²) >= 11 is 0. The third kappa shape index (κ3) is 3.49. The molecule has 2 fully saturated rings. The molecular weight excluding hydrogens is 262 g/mol. The van der Waals surface area contributed by atoms with Gasteiger partial charge in [0.25, 0.3) is 0 Å². The summed E-state index contributed by atoms with van der Waals surface area (Å²) in [6.07, 6.45) is 3.88. The first kappa shape index (κ1) is 15.3. The molecule has 0 bridgehead atoms. The molecular formula is C14H23NO5. The lowest BCUT2D eigenvalue weighted by Gasteiger charge is -2.35. The van der Waals surface area contributed by atoms with Gasteiger partial charge < -0.3 is 19.8 Å². The standard InChI is InChI=1S/C14H23NO5/c1-10-2-3-11(20-10)4-5-12(16)15-8-6-14(19,7-9-15)13(17)18/h10-11,19H,2-9H2,1H3,(H,17,18). The van der Waals surface area contributed by atoms with Crippen LogP contribution in [0.3, 0.4) is 0 Å². The van der Waals surface area contributed by atoms with Crippen LogP contribution in [0.2, 0.25) is 0 Å². The molecule has 114 valence electrons. The Hall–Kier alpha value is -1.14. The SMILES string of the molecule is CC1CCC(CCC(=O)N2CCC(O)(C(=O)O)CC2)O1. The number of piperidine rings is 1. The van der Waals surface area contributed by atoms with Gasteiger partial charge in [0.05, 0.1) is 12.2 Å². The molecule has 0 aliphatic carbocycles. The highest BCUT2D eigenvalue weighted by atomic mass is 16.5. The van der Waals surface area contributed by atoms with E-state index >= 15 is 0 Å². The largest absolute Gasteiger partial charge is 0.479 e. The average molecular weight is 285 g/mol. The number of aliphatic carboxylic acids is 1. The van der Waals surface area contributed by atoms with Crippen LogP contribution in [0.15, 0.2) is 0 Å². The smallest absolute Gasteiger partial charge is 0.335 e. The van der Waals surface area contributed by atoms with Gasteiger partial charge in [-0.2, -0.15) is 0 Å². The van der Waals surface area contributed by atoms with Crippen LogP contribution in [0.4, 0.5) is 0 Å². The number of ether oxygens (including phenoxy) is 1. The molecule has 2 saturated heterocycles. The highest BCUT2D eigenvalue weighted by Crippen LogP contribution is 2.25. The summed E-state index contributed by atoms with van der Waals surface area (Å²) in [6.45, 7) is 2.66. The minimum atomic E-state index is -1.67. The number of carbonyl (C=O) groups excluding carboxylic acids is 1. The molecule has 2 N–H and O–H groups in total. The van der Waals surface area contributed by atoms with Gasteiger partial charge in [-0.1, -0.05) is 0 Å². The van der Waals surface area contributed by atoms with Gasteiger partial charge in [0, 0.05) is 32.4 Å². The molecule has 2 aliphatic heterocycles. The number of nitrogens with zero attached hydrogens (tertiary/aromatic N) is 1.